The van der Waals surface area contributed by atoms with Crippen LogP contribution in [0, 0.1) is 12.8 Å². The van der Waals surface area contributed by atoms with Crippen LogP contribution in [0.3, 0.4) is 0 Å². The summed E-state index contributed by atoms with van der Waals surface area (Å²) in [7, 11) is 3.40. The van der Waals surface area contributed by atoms with Crippen LogP contribution in [0.2, 0.25) is 0 Å². The van der Waals surface area contributed by atoms with E-state index in [0.29, 0.717) is 5.92 Å². The summed E-state index contributed by atoms with van der Waals surface area (Å²) in [5.41, 5.74) is 0. The fraction of sp³-hybridized carbons (Fsp3) is 0.706. The van der Waals surface area contributed by atoms with Gasteiger partial charge in [-0.1, -0.05) is 0 Å². The van der Waals surface area contributed by atoms with Crippen LogP contribution in [-0.4, -0.2) is 71.6 Å². The second-order valence-electron chi connectivity index (χ2n) is 6.46. The Morgan fingerprint density at radius 1 is 1.38 bits per heavy atom. The van der Waals surface area contributed by atoms with Crippen LogP contribution in [0.5, 0.6) is 0 Å². The summed E-state index contributed by atoms with van der Waals surface area (Å²) in [6.45, 7) is 4.53. The molecule has 0 aromatic carbocycles. The summed E-state index contributed by atoms with van der Waals surface area (Å²) in [6, 6.07) is 0. The van der Waals surface area contributed by atoms with Gasteiger partial charge in [0.1, 0.15) is 12.4 Å². The molecular weight excluding hydrogens is 308 g/mol. The van der Waals surface area contributed by atoms with Crippen molar-refractivity contribution in [2.75, 3.05) is 40.4 Å². The molecule has 1 aliphatic rings. The Morgan fingerprint density at radius 2 is 2.08 bits per heavy atom. The van der Waals surface area contributed by atoms with E-state index in [4.69, 9.17) is 4.74 Å². The van der Waals surface area contributed by atoms with Gasteiger partial charge < -0.3 is 19.1 Å². The Balaban J connectivity index is 1.75. The summed E-state index contributed by atoms with van der Waals surface area (Å²) in [4.78, 5) is 32.1. The van der Waals surface area contributed by atoms with Gasteiger partial charge in [0, 0.05) is 46.2 Å². The highest BCUT2D eigenvalue weighted by molar-refractivity contribution is 5.84. The lowest BCUT2D eigenvalue weighted by Gasteiger charge is -2.33. The number of hydrogen-bond acceptors (Lipinski definition) is 4. The molecule has 2 amide bonds. The first kappa shape index (κ1) is 18.4. The maximum atomic E-state index is 12.4. The molecule has 1 aromatic heterocycles. The van der Waals surface area contributed by atoms with Crippen molar-refractivity contribution in [1.82, 2.24) is 19.4 Å². The van der Waals surface area contributed by atoms with Gasteiger partial charge in [-0.3, -0.25) is 9.59 Å². The lowest BCUT2D eigenvalue weighted by atomic mass is 9.94. The van der Waals surface area contributed by atoms with Crippen molar-refractivity contribution in [1.29, 1.82) is 0 Å². The number of aromatic nitrogens is 2. The molecule has 0 spiro atoms. The highest BCUT2D eigenvalue weighted by Crippen LogP contribution is 2.20. The minimum atomic E-state index is -0.0839. The SMILES string of the molecule is COCCC1CCN(C(=O)CN(C)C(=O)Cn2ccnc2C)CC1. The third-order valence-corrected chi connectivity index (χ3v) is 4.72. The minimum Gasteiger partial charge on any atom is -0.385 e. The quantitative estimate of drug-likeness (QED) is 0.743. The number of likely N-dealkylation sites (N-methyl/N-ethyl adjacent to an activating group) is 1. The number of methoxy groups -OCH3 is 1. The third kappa shape index (κ3) is 5.06. The first-order chi connectivity index (χ1) is 11.5. The Kier molecular flexibility index (Phi) is 6.78. The van der Waals surface area contributed by atoms with Crippen molar-refractivity contribution in [2.24, 2.45) is 5.92 Å². The van der Waals surface area contributed by atoms with Gasteiger partial charge in [0.25, 0.3) is 0 Å². The van der Waals surface area contributed by atoms with Gasteiger partial charge in [0.2, 0.25) is 11.8 Å². The second kappa shape index (κ2) is 8.82. The van der Waals surface area contributed by atoms with Crippen LogP contribution in [0.15, 0.2) is 12.4 Å². The molecule has 0 N–H and O–H groups in total. The van der Waals surface area contributed by atoms with Crippen molar-refractivity contribution in [3.05, 3.63) is 18.2 Å². The van der Waals surface area contributed by atoms with Gasteiger partial charge in [-0.25, -0.2) is 4.98 Å². The Labute approximate surface area is 143 Å². The molecule has 24 heavy (non-hydrogen) atoms. The topological polar surface area (TPSA) is 67.7 Å². The first-order valence-electron chi connectivity index (χ1n) is 8.49. The van der Waals surface area contributed by atoms with Crippen LogP contribution in [0.25, 0.3) is 0 Å². The maximum Gasteiger partial charge on any atom is 0.242 e. The van der Waals surface area contributed by atoms with E-state index in [-0.39, 0.29) is 24.9 Å². The minimum absolute atomic E-state index is 0.0263. The highest BCUT2D eigenvalue weighted by atomic mass is 16.5. The van der Waals surface area contributed by atoms with Crippen molar-refractivity contribution >= 4 is 11.8 Å². The van der Waals surface area contributed by atoms with Gasteiger partial charge in [-0.05, 0) is 32.1 Å². The zero-order valence-electron chi connectivity index (χ0n) is 14.9. The molecule has 0 bridgehead atoms. The zero-order valence-corrected chi connectivity index (χ0v) is 14.9. The predicted octanol–water partition coefficient (Wildman–Crippen LogP) is 0.925. The molecule has 7 nitrogen and oxygen atoms in total. The fourth-order valence-electron chi connectivity index (χ4n) is 2.98. The standard InChI is InChI=1S/C17H28N4O3/c1-14-18-7-10-21(14)13-16(22)19(2)12-17(23)20-8-4-15(5-9-20)6-11-24-3/h7,10,15H,4-6,8-9,11-13H2,1-3H3. The number of imidazole rings is 1. The van der Waals surface area contributed by atoms with Crippen molar-refractivity contribution < 1.29 is 14.3 Å². The summed E-state index contributed by atoms with van der Waals surface area (Å²) in [5, 5.41) is 0. The van der Waals surface area contributed by atoms with Crippen LogP contribution in [-0.2, 0) is 20.9 Å². The largest absolute Gasteiger partial charge is 0.385 e. The third-order valence-electron chi connectivity index (χ3n) is 4.72. The highest BCUT2D eigenvalue weighted by Gasteiger charge is 2.24. The average Bonchev–Trinajstić information content (AvgIpc) is 2.98. The number of likely N-dealkylation sites (tertiary alicyclic amines) is 1. The van der Waals surface area contributed by atoms with Gasteiger partial charge in [0.05, 0.1) is 6.54 Å². The number of amides is 2. The van der Waals surface area contributed by atoms with Gasteiger partial charge in [-0.2, -0.15) is 0 Å². The average molecular weight is 336 g/mol. The molecule has 1 saturated heterocycles. The van der Waals surface area contributed by atoms with E-state index in [9.17, 15) is 9.59 Å². The van der Waals surface area contributed by atoms with Crippen molar-refractivity contribution in [2.45, 2.75) is 32.7 Å². The van der Waals surface area contributed by atoms with Crippen LogP contribution >= 0.6 is 0 Å². The lowest BCUT2D eigenvalue weighted by molar-refractivity contribution is -0.140. The Hall–Kier alpha value is -1.89. The van der Waals surface area contributed by atoms with E-state index in [1.165, 1.54) is 4.90 Å². The fourth-order valence-corrected chi connectivity index (χ4v) is 2.98. The van der Waals surface area contributed by atoms with Gasteiger partial charge >= 0.3 is 0 Å². The number of nitrogens with zero attached hydrogens (tertiary/aromatic N) is 4. The molecule has 0 aliphatic carbocycles. The van der Waals surface area contributed by atoms with Crippen LogP contribution < -0.4 is 0 Å². The number of ether oxygens (including phenoxy) is 1. The van der Waals surface area contributed by atoms with Crippen molar-refractivity contribution in [3.63, 3.8) is 0 Å². The van der Waals surface area contributed by atoms with Gasteiger partial charge in [0.15, 0.2) is 0 Å². The van der Waals surface area contributed by atoms with E-state index in [1.54, 1.807) is 31.1 Å². The summed E-state index contributed by atoms with van der Waals surface area (Å²) in [6.07, 6.45) is 6.53. The number of rotatable bonds is 7. The number of piperidine rings is 1. The van der Waals surface area contributed by atoms with E-state index >= 15 is 0 Å². The number of carbonyl (C=O) groups is 2. The van der Waals surface area contributed by atoms with E-state index in [1.807, 2.05) is 11.8 Å². The van der Waals surface area contributed by atoms with Crippen LogP contribution in [0.4, 0.5) is 0 Å². The molecule has 0 saturated carbocycles. The second-order valence-corrected chi connectivity index (χ2v) is 6.46. The number of hydrogen-bond donors (Lipinski definition) is 0. The molecule has 1 fully saturated rings. The summed E-state index contributed by atoms with van der Waals surface area (Å²) < 4.78 is 6.90. The molecule has 1 aliphatic heterocycles. The molecule has 2 heterocycles. The Bertz CT molecular complexity index is 550. The van der Waals surface area contributed by atoms with E-state index in [2.05, 4.69) is 4.98 Å². The Morgan fingerprint density at radius 3 is 2.67 bits per heavy atom. The number of aryl methyl sites for hydroxylation is 1. The lowest BCUT2D eigenvalue weighted by Crippen LogP contribution is -2.45. The predicted molar refractivity (Wildman–Crippen MR) is 90.4 cm³/mol. The number of carbonyl (C=O) groups excluding carboxylic acids is 2. The molecular formula is C17H28N4O3. The van der Waals surface area contributed by atoms with Crippen LogP contribution in [0.1, 0.15) is 25.1 Å². The van der Waals surface area contributed by atoms with E-state index < -0.39 is 0 Å². The summed E-state index contributed by atoms with van der Waals surface area (Å²) >= 11 is 0. The molecule has 7 heteroatoms. The molecule has 0 atom stereocenters. The zero-order chi connectivity index (χ0) is 17.5. The monoisotopic (exact) mass is 336 g/mol. The molecule has 134 valence electrons. The molecule has 2 rings (SSSR count). The first-order valence-corrected chi connectivity index (χ1v) is 8.49. The van der Waals surface area contributed by atoms with Crippen molar-refractivity contribution in [3.8, 4) is 0 Å². The normalized spacial score (nSPS) is 15.5. The van der Waals surface area contributed by atoms with Gasteiger partial charge in [-0.15, -0.1) is 0 Å². The summed E-state index contributed by atoms with van der Waals surface area (Å²) in [5.74, 6) is 1.37. The smallest absolute Gasteiger partial charge is 0.242 e. The maximum absolute atomic E-state index is 12.4. The molecule has 0 unspecified atom stereocenters. The molecule has 1 aromatic rings. The molecule has 0 radical (unpaired) electrons. The van der Waals surface area contributed by atoms with E-state index in [0.717, 1.165) is 44.8 Å².